The maximum absolute atomic E-state index is 10.6. The number of hydrogen-bond acceptors (Lipinski definition) is 2. The molecule has 2 N–H and O–H groups in total. The highest BCUT2D eigenvalue weighted by Crippen LogP contribution is 2.17. The highest BCUT2D eigenvalue weighted by molar-refractivity contribution is 5.78. The van der Waals surface area contributed by atoms with Gasteiger partial charge in [0.2, 0.25) is 0 Å². The minimum Gasteiger partial charge on any atom is -0.480 e. The van der Waals surface area contributed by atoms with Crippen LogP contribution < -0.4 is 5.32 Å². The lowest BCUT2D eigenvalue weighted by Gasteiger charge is -2.16. The predicted molar refractivity (Wildman–Crippen MR) is 33.3 cm³/mol. The molecule has 52 valence electrons. The van der Waals surface area contributed by atoms with E-state index >= 15 is 0 Å². The van der Waals surface area contributed by atoms with Crippen LogP contribution in [0.5, 0.6) is 0 Å². The van der Waals surface area contributed by atoms with E-state index in [0.717, 1.165) is 13.0 Å². The summed E-state index contributed by atoms with van der Waals surface area (Å²) >= 11 is 0. The van der Waals surface area contributed by atoms with Gasteiger partial charge in [0.05, 0.1) is 0 Å². The second-order valence-electron chi connectivity index (χ2n) is 2.42. The first-order chi connectivity index (χ1) is 4.71. The summed E-state index contributed by atoms with van der Waals surface area (Å²) in [5, 5.41) is 11.5. The molecule has 1 rings (SSSR count). The van der Waals surface area contributed by atoms with E-state index in [1.165, 1.54) is 0 Å². The quantitative estimate of drug-likeness (QED) is 0.533. The van der Waals surface area contributed by atoms with Crippen molar-refractivity contribution in [3.63, 3.8) is 0 Å². The van der Waals surface area contributed by atoms with E-state index in [1.54, 1.807) is 0 Å². The summed E-state index contributed by atoms with van der Waals surface area (Å²) < 4.78 is 7.04. The number of nitrogens with one attached hydrogen (secondary N) is 1. The van der Waals surface area contributed by atoms with E-state index in [9.17, 15) is 4.79 Å². The molecule has 1 atom stereocenters. The molecule has 0 aromatic heterocycles. The van der Waals surface area contributed by atoms with E-state index in [4.69, 9.17) is 6.48 Å². The van der Waals surface area contributed by atoms with E-state index in [0.29, 0.717) is 6.42 Å². The Bertz CT molecular complexity index is 143. The van der Waals surface area contributed by atoms with Gasteiger partial charge in [0.1, 0.15) is 5.54 Å². The zero-order valence-corrected chi connectivity index (χ0v) is 5.18. The third-order valence-corrected chi connectivity index (χ3v) is 1.65. The Kier molecular flexibility index (Phi) is 1.16. The van der Waals surface area contributed by atoms with E-state index in [2.05, 4.69) is 5.32 Å². The molecule has 0 radical (unpaired) electrons. The van der Waals surface area contributed by atoms with Crippen molar-refractivity contribution >= 4 is 5.97 Å². The molecule has 3 heteroatoms. The number of hydrogen-bond donors (Lipinski definition) is 2. The highest BCUT2D eigenvalue weighted by atomic mass is 16.4. The van der Waals surface area contributed by atoms with Crippen LogP contribution in [0.1, 0.15) is 21.1 Å². The van der Waals surface area contributed by atoms with Gasteiger partial charge in [-0.2, -0.15) is 0 Å². The Labute approximate surface area is 55.5 Å². The van der Waals surface area contributed by atoms with Crippen LogP contribution in [-0.2, 0) is 4.79 Å². The fourth-order valence-electron chi connectivity index (χ4n) is 0.989. The van der Waals surface area contributed by atoms with Crippen LogP contribution in [0.25, 0.3) is 0 Å². The number of rotatable bonds is 1. The topological polar surface area (TPSA) is 49.3 Å². The van der Waals surface area contributed by atoms with Gasteiger partial charge in [0, 0.05) is 1.37 Å². The van der Waals surface area contributed by atoms with Gasteiger partial charge < -0.3 is 10.4 Å². The van der Waals surface area contributed by atoms with E-state index in [1.807, 2.05) is 0 Å². The first kappa shape index (κ1) is 5.23. The van der Waals surface area contributed by atoms with Gasteiger partial charge in [-0.15, -0.1) is 0 Å². The summed E-state index contributed by atoms with van der Waals surface area (Å²) in [6.45, 7) is 0.660. The maximum atomic E-state index is 10.6. The first-order valence-electron chi connectivity index (χ1n) is 3.70. The molecule has 0 aromatic carbocycles. The monoisotopic (exact) mass is 130 g/mol. The molecule has 9 heavy (non-hydrogen) atoms. The Balaban J connectivity index is 2.67. The van der Waals surface area contributed by atoms with Gasteiger partial charge in [-0.3, -0.25) is 4.79 Å². The Morgan fingerprint density at radius 1 is 2.00 bits per heavy atom. The summed E-state index contributed by atoms with van der Waals surface area (Å²) in [4.78, 5) is 10.6. The SMILES string of the molecule is [2H]C[C@@]1(C(=O)O)CCCN1. The standard InChI is InChI=1S/C6H11NO2/c1-6(5(8)9)3-2-4-7-6/h7H,2-4H2,1H3,(H,8,9)/t6-/m0/s1/i1D. The molecule has 0 unspecified atom stereocenters. The normalized spacial score (nSPS) is 36.2. The van der Waals surface area contributed by atoms with Crippen LogP contribution in [0.2, 0.25) is 0 Å². The zero-order valence-electron chi connectivity index (χ0n) is 6.18. The third kappa shape index (κ3) is 1.05. The molecule has 1 fully saturated rings. The summed E-state index contributed by atoms with van der Waals surface area (Å²) in [6.07, 6.45) is 1.46. The molecule has 0 spiro atoms. The third-order valence-electron chi connectivity index (χ3n) is 1.65. The Morgan fingerprint density at radius 3 is 3.00 bits per heavy atom. The highest BCUT2D eigenvalue weighted by Gasteiger charge is 2.35. The lowest BCUT2D eigenvalue weighted by atomic mass is 10.0. The van der Waals surface area contributed by atoms with Crippen molar-refractivity contribution in [1.29, 1.82) is 0 Å². The van der Waals surface area contributed by atoms with Gasteiger partial charge in [0.25, 0.3) is 0 Å². The zero-order chi connectivity index (χ0) is 7.61. The Hall–Kier alpha value is -0.570. The summed E-state index contributed by atoms with van der Waals surface area (Å²) in [6, 6.07) is 0. The molecular formula is C6H11NO2. The average molecular weight is 130 g/mol. The molecule has 0 bridgehead atoms. The van der Waals surface area contributed by atoms with Crippen molar-refractivity contribution in [2.24, 2.45) is 0 Å². The molecule has 0 amide bonds. The van der Waals surface area contributed by atoms with Crippen molar-refractivity contribution in [3.05, 3.63) is 0 Å². The molecule has 1 saturated heterocycles. The van der Waals surface area contributed by atoms with Gasteiger partial charge in [-0.05, 0) is 26.3 Å². The molecule has 1 aliphatic heterocycles. The van der Waals surface area contributed by atoms with Crippen molar-refractivity contribution in [2.45, 2.75) is 25.3 Å². The fourth-order valence-corrected chi connectivity index (χ4v) is 0.989. The van der Waals surface area contributed by atoms with Crippen molar-refractivity contribution < 1.29 is 11.3 Å². The van der Waals surface area contributed by atoms with Crippen molar-refractivity contribution in [2.75, 3.05) is 6.54 Å². The lowest BCUT2D eigenvalue weighted by Crippen LogP contribution is -2.44. The van der Waals surface area contributed by atoms with Gasteiger partial charge in [-0.1, -0.05) is 0 Å². The van der Waals surface area contributed by atoms with E-state index < -0.39 is 11.5 Å². The molecule has 0 aromatic rings. The smallest absolute Gasteiger partial charge is 0.323 e. The fraction of sp³-hybridized carbons (Fsp3) is 0.833. The molecule has 1 heterocycles. The van der Waals surface area contributed by atoms with Crippen LogP contribution in [0.3, 0.4) is 0 Å². The van der Waals surface area contributed by atoms with Crippen LogP contribution in [0.15, 0.2) is 0 Å². The molecule has 0 aliphatic carbocycles. The van der Waals surface area contributed by atoms with Gasteiger partial charge in [-0.25, -0.2) is 0 Å². The van der Waals surface area contributed by atoms with Gasteiger partial charge >= 0.3 is 5.97 Å². The minimum absolute atomic E-state index is 0.0671. The van der Waals surface area contributed by atoms with Crippen molar-refractivity contribution in [1.82, 2.24) is 5.32 Å². The average Bonchev–Trinajstić information content (AvgIpc) is 2.35. The summed E-state index contributed by atoms with van der Waals surface area (Å²) in [5.74, 6) is -0.889. The maximum Gasteiger partial charge on any atom is 0.323 e. The van der Waals surface area contributed by atoms with Gasteiger partial charge in [0.15, 0.2) is 0 Å². The number of carboxylic acid groups (broad SMARTS) is 1. The Morgan fingerprint density at radius 2 is 2.78 bits per heavy atom. The van der Waals surface area contributed by atoms with Crippen LogP contribution >= 0.6 is 0 Å². The van der Waals surface area contributed by atoms with Crippen LogP contribution in [0, 0.1) is 0 Å². The summed E-state index contributed by atoms with van der Waals surface area (Å²) in [7, 11) is 0. The number of carbonyl (C=O) groups is 1. The van der Waals surface area contributed by atoms with Crippen molar-refractivity contribution in [3.8, 4) is 0 Å². The largest absolute Gasteiger partial charge is 0.480 e. The molecular weight excluding hydrogens is 118 g/mol. The minimum atomic E-state index is -0.931. The first-order valence-corrected chi connectivity index (χ1v) is 2.99. The molecule has 3 nitrogen and oxygen atoms in total. The second kappa shape index (κ2) is 1.99. The van der Waals surface area contributed by atoms with Crippen LogP contribution in [-0.4, -0.2) is 23.2 Å². The predicted octanol–water partition coefficient (Wildman–Crippen LogP) is 0.213. The second-order valence-corrected chi connectivity index (χ2v) is 2.42. The molecule has 1 aliphatic rings. The lowest BCUT2D eigenvalue weighted by molar-refractivity contribution is -0.143. The van der Waals surface area contributed by atoms with Crippen LogP contribution in [0.4, 0.5) is 0 Å². The number of aliphatic carboxylic acids is 1. The van der Waals surface area contributed by atoms with E-state index in [-0.39, 0.29) is 6.90 Å². The summed E-state index contributed by atoms with van der Waals surface area (Å²) in [5.41, 5.74) is -0.931. The molecule has 0 saturated carbocycles. The number of carboxylic acids is 1.